The molecule has 0 aliphatic heterocycles. The largest absolute Gasteiger partial charge is 0.321 e. The van der Waals surface area contributed by atoms with Crippen LogP contribution in [0.3, 0.4) is 0 Å². The normalized spacial score (nSPS) is 13.8. The van der Waals surface area contributed by atoms with Crippen molar-refractivity contribution >= 4 is 22.9 Å². The molecule has 0 atom stereocenters. The Morgan fingerprint density at radius 3 is 2.72 bits per heavy atom. The number of amides is 1. The van der Waals surface area contributed by atoms with Crippen LogP contribution in [-0.2, 0) is 6.42 Å². The summed E-state index contributed by atoms with van der Waals surface area (Å²) in [6.07, 6.45) is 3.21. The first kappa shape index (κ1) is 16.0. The van der Waals surface area contributed by atoms with Crippen LogP contribution >= 0.6 is 11.3 Å². The molecule has 1 aliphatic rings. The maximum absolute atomic E-state index is 12.4. The molecular weight excluding hydrogens is 334 g/mol. The van der Waals surface area contributed by atoms with Crippen LogP contribution in [0.4, 0.5) is 5.69 Å². The van der Waals surface area contributed by atoms with Gasteiger partial charge in [-0.25, -0.2) is 4.68 Å². The predicted octanol–water partition coefficient (Wildman–Crippen LogP) is 3.86. The second-order valence-corrected chi connectivity index (χ2v) is 7.42. The summed E-state index contributed by atoms with van der Waals surface area (Å²) in [5.74, 6) is 0.713. The molecule has 128 valence electrons. The van der Waals surface area contributed by atoms with Crippen molar-refractivity contribution in [1.82, 2.24) is 20.2 Å². The molecule has 1 aliphatic carbocycles. The van der Waals surface area contributed by atoms with Gasteiger partial charge in [-0.3, -0.25) is 4.79 Å². The molecule has 3 aromatic rings. The summed E-state index contributed by atoms with van der Waals surface area (Å²) in [5.41, 5.74) is 2.90. The SMILES string of the molecule is CCc1sc(C(=O)Nc2ccc(-c3nnnn3C3CC3)cc2)cc1C. The molecule has 1 aromatic carbocycles. The zero-order valence-corrected chi connectivity index (χ0v) is 15.0. The van der Waals surface area contributed by atoms with E-state index in [0.29, 0.717) is 6.04 Å². The van der Waals surface area contributed by atoms with Crippen LogP contribution in [-0.4, -0.2) is 26.1 Å². The first-order valence-corrected chi connectivity index (χ1v) is 9.26. The molecule has 6 nitrogen and oxygen atoms in total. The van der Waals surface area contributed by atoms with Crippen molar-refractivity contribution in [1.29, 1.82) is 0 Å². The third-order valence-electron chi connectivity index (χ3n) is 4.35. The molecule has 1 fully saturated rings. The van der Waals surface area contributed by atoms with Gasteiger partial charge in [0, 0.05) is 16.1 Å². The Morgan fingerprint density at radius 1 is 1.32 bits per heavy atom. The summed E-state index contributed by atoms with van der Waals surface area (Å²) >= 11 is 1.56. The third-order valence-corrected chi connectivity index (χ3v) is 5.73. The summed E-state index contributed by atoms with van der Waals surface area (Å²) < 4.78 is 1.88. The summed E-state index contributed by atoms with van der Waals surface area (Å²) in [5, 5.41) is 14.9. The minimum Gasteiger partial charge on any atom is -0.321 e. The number of hydrogen-bond donors (Lipinski definition) is 1. The van der Waals surface area contributed by atoms with Crippen molar-refractivity contribution in [3.63, 3.8) is 0 Å². The van der Waals surface area contributed by atoms with E-state index in [4.69, 9.17) is 0 Å². The molecule has 0 saturated heterocycles. The number of tetrazole rings is 1. The lowest BCUT2D eigenvalue weighted by molar-refractivity contribution is 0.103. The van der Waals surface area contributed by atoms with Crippen molar-refractivity contribution < 1.29 is 4.79 Å². The third kappa shape index (κ3) is 3.19. The van der Waals surface area contributed by atoms with E-state index < -0.39 is 0 Å². The highest BCUT2D eigenvalue weighted by molar-refractivity contribution is 7.14. The van der Waals surface area contributed by atoms with Crippen LogP contribution in [0.1, 0.15) is 45.9 Å². The fourth-order valence-corrected chi connectivity index (χ4v) is 3.84. The van der Waals surface area contributed by atoms with Gasteiger partial charge in [0.15, 0.2) is 5.82 Å². The highest BCUT2D eigenvalue weighted by Crippen LogP contribution is 2.36. The Hall–Kier alpha value is -2.54. The van der Waals surface area contributed by atoms with Crippen LogP contribution in [0.15, 0.2) is 30.3 Å². The van der Waals surface area contributed by atoms with Crippen molar-refractivity contribution in [2.24, 2.45) is 0 Å². The first-order valence-electron chi connectivity index (χ1n) is 8.44. The van der Waals surface area contributed by atoms with Gasteiger partial charge < -0.3 is 5.32 Å². The van der Waals surface area contributed by atoms with Gasteiger partial charge in [-0.1, -0.05) is 6.92 Å². The number of nitrogens with one attached hydrogen (secondary N) is 1. The van der Waals surface area contributed by atoms with E-state index in [2.05, 4.69) is 27.8 Å². The standard InChI is InChI=1S/C18H19N5OS/c1-3-15-11(2)10-16(25-15)18(24)19-13-6-4-12(5-7-13)17-20-21-22-23(17)14-8-9-14/h4-7,10,14H,3,8-9H2,1-2H3,(H,19,24). The van der Waals surface area contributed by atoms with E-state index in [1.54, 1.807) is 11.3 Å². The average molecular weight is 353 g/mol. The molecule has 0 radical (unpaired) electrons. The maximum atomic E-state index is 12.4. The van der Waals surface area contributed by atoms with Crippen molar-refractivity contribution in [3.05, 3.63) is 45.6 Å². The smallest absolute Gasteiger partial charge is 0.265 e. The highest BCUT2D eigenvalue weighted by atomic mass is 32.1. The van der Waals surface area contributed by atoms with Gasteiger partial charge in [0.1, 0.15) is 0 Å². The minimum absolute atomic E-state index is 0.0663. The van der Waals surface area contributed by atoms with Gasteiger partial charge in [0.25, 0.3) is 5.91 Å². The van der Waals surface area contributed by atoms with Gasteiger partial charge in [-0.15, -0.1) is 16.4 Å². The molecule has 4 rings (SSSR count). The lowest BCUT2D eigenvalue weighted by Gasteiger charge is -2.06. The van der Waals surface area contributed by atoms with E-state index in [0.717, 1.165) is 41.2 Å². The Morgan fingerprint density at radius 2 is 2.08 bits per heavy atom. The molecule has 1 saturated carbocycles. The van der Waals surface area contributed by atoms with Crippen LogP contribution < -0.4 is 5.32 Å². The number of aryl methyl sites for hydroxylation is 2. The highest BCUT2D eigenvalue weighted by Gasteiger charge is 2.28. The first-order chi connectivity index (χ1) is 12.2. The maximum Gasteiger partial charge on any atom is 0.265 e. The molecule has 2 aromatic heterocycles. The average Bonchev–Trinajstić information content (AvgIpc) is 3.22. The van der Waals surface area contributed by atoms with Gasteiger partial charge >= 0.3 is 0 Å². The van der Waals surface area contributed by atoms with Crippen LogP contribution in [0, 0.1) is 6.92 Å². The lowest BCUT2D eigenvalue weighted by atomic mass is 10.2. The molecule has 1 N–H and O–H groups in total. The number of carbonyl (C=O) groups excluding carboxylic acids is 1. The minimum atomic E-state index is -0.0663. The molecule has 0 unspecified atom stereocenters. The van der Waals surface area contributed by atoms with Gasteiger partial charge in [-0.2, -0.15) is 0 Å². The van der Waals surface area contributed by atoms with Gasteiger partial charge in [-0.05, 0) is 72.5 Å². The zero-order chi connectivity index (χ0) is 17.4. The Balaban J connectivity index is 1.50. The Kier molecular flexibility index (Phi) is 4.09. The summed E-state index contributed by atoms with van der Waals surface area (Å²) in [7, 11) is 0. The quantitative estimate of drug-likeness (QED) is 0.756. The zero-order valence-electron chi connectivity index (χ0n) is 14.2. The summed E-state index contributed by atoms with van der Waals surface area (Å²) in [6, 6.07) is 10.0. The monoisotopic (exact) mass is 353 g/mol. The van der Waals surface area contributed by atoms with E-state index in [1.165, 1.54) is 10.4 Å². The molecular formula is C18H19N5OS. The number of carbonyl (C=O) groups is 1. The number of rotatable bonds is 5. The van der Waals surface area contributed by atoms with Crippen LogP contribution in [0.25, 0.3) is 11.4 Å². The molecule has 0 bridgehead atoms. The second-order valence-electron chi connectivity index (χ2n) is 6.28. The number of aromatic nitrogens is 4. The van der Waals surface area contributed by atoms with Crippen molar-refractivity contribution in [2.45, 2.75) is 39.2 Å². The van der Waals surface area contributed by atoms with E-state index in [9.17, 15) is 4.79 Å². The summed E-state index contributed by atoms with van der Waals surface area (Å²) in [4.78, 5) is 14.4. The number of anilines is 1. The molecule has 2 heterocycles. The number of benzene rings is 1. The van der Waals surface area contributed by atoms with Crippen LogP contribution in [0.5, 0.6) is 0 Å². The molecule has 25 heavy (non-hydrogen) atoms. The van der Waals surface area contributed by atoms with Gasteiger partial charge in [0.05, 0.1) is 10.9 Å². The van der Waals surface area contributed by atoms with E-state index in [-0.39, 0.29) is 5.91 Å². The van der Waals surface area contributed by atoms with Gasteiger partial charge in [0.2, 0.25) is 0 Å². The number of hydrogen-bond acceptors (Lipinski definition) is 5. The van der Waals surface area contributed by atoms with E-state index in [1.807, 2.05) is 41.9 Å². The van der Waals surface area contributed by atoms with Crippen molar-refractivity contribution in [2.75, 3.05) is 5.32 Å². The Labute approximate surface area is 149 Å². The van der Waals surface area contributed by atoms with Crippen LogP contribution in [0.2, 0.25) is 0 Å². The number of thiophene rings is 1. The second kappa shape index (κ2) is 6.40. The van der Waals surface area contributed by atoms with E-state index >= 15 is 0 Å². The fraction of sp³-hybridized carbons (Fsp3) is 0.333. The molecule has 1 amide bonds. The molecule has 7 heteroatoms. The molecule has 0 spiro atoms. The predicted molar refractivity (Wildman–Crippen MR) is 97.9 cm³/mol. The van der Waals surface area contributed by atoms with Crippen molar-refractivity contribution in [3.8, 4) is 11.4 Å². The number of nitrogens with zero attached hydrogens (tertiary/aromatic N) is 4. The lowest BCUT2D eigenvalue weighted by Crippen LogP contribution is -2.10. The Bertz CT molecular complexity index is 908. The summed E-state index contributed by atoms with van der Waals surface area (Å²) in [6.45, 7) is 4.15. The topological polar surface area (TPSA) is 72.7 Å². The fourth-order valence-electron chi connectivity index (χ4n) is 2.83.